The number of esters is 1. The highest BCUT2D eigenvalue weighted by molar-refractivity contribution is 7.99. The summed E-state index contributed by atoms with van der Waals surface area (Å²) in [4.78, 5) is 37.4. The number of rotatable bonds is 5. The largest absolute Gasteiger partial charge is 0.468 e. The molecule has 0 atom stereocenters. The maximum Gasteiger partial charge on any atom is 0.315 e. The zero-order chi connectivity index (χ0) is 18.8. The molecule has 1 aliphatic heterocycles. The molecule has 1 aromatic rings. The summed E-state index contributed by atoms with van der Waals surface area (Å²) in [5, 5.41) is 0.181. The van der Waals surface area contributed by atoms with Crippen molar-refractivity contribution in [3.05, 3.63) is 39.7 Å². The van der Waals surface area contributed by atoms with Crippen molar-refractivity contribution in [2.75, 3.05) is 17.8 Å². The third kappa shape index (κ3) is 3.50. The van der Waals surface area contributed by atoms with Gasteiger partial charge in [0.2, 0.25) is 0 Å². The van der Waals surface area contributed by atoms with Gasteiger partial charge in [-0.2, -0.15) is 0 Å². The van der Waals surface area contributed by atoms with E-state index in [0.717, 1.165) is 23.8 Å². The number of methoxy groups -OCH3 is 1. The lowest BCUT2D eigenvalue weighted by atomic mass is 9.93. The molecule has 1 aromatic carbocycles. The number of anilines is 1. The van der Waals surface area contributed by atoms with E-state index in [2.05, 4.69) is 4.74 Å². The molecule has 0 radical (unpaired) electrons. The van der Waals surface area contributed by atoms with Gasteiger partial charge >= 0.3 is 5.97 Å². The van der Waals surface area contributed by atoms with Gasteiger partial charge in [0.1, 0.15) is 5.82 Å². The molecular weight excluding hydrogens is 381 g/mol. The summed E-state index contributed by atoms with van der Waals surface area (Å²) in [7, 11) is 1.30. The number of carbonyl (C=O) groups excluding carboxylic acids is 3. The molecule has 26 heavy (non-hydrogen) atoms. The topological polar surface area (TPSA) is 63.7 Å². The third-order valence-electron chi connectivity index (χ3n) is 4.45. The van der Waals surface area contributed by atoms with Gasteiger partial charge in [0, 0.05) is 21.9 Å². The smallest absolute Gasteiger partial charge is 0.315 e. The second-order valence-electron chi connectivity index (χ2n) is 6.07. The fourth-order valence-electron chi connectivity index (χ4n) is 3.12. The molecule has 2 aliphatic rings. The van der Waals surface area contributed by atoms with E-state index < -0.39 is 17.6 Å². The van der Waals surface area contributed by atoms with Crippen molar-refractivity contribution in [2.24, 2.45) is 0 Å². The van der Waals surface area contributed by atoms with Crippen molar-refractivity contribution < 1.29 is 23.5 Å². The van der Waals surface area contributed by atoms with Gasteiger partial charge in [0.15, 0.2) is 0 Å². The molecule has 0 spiro atoms. The number of imide groups is 1. The minimum absolute atomic E-state index is 0.0903. The van der Waals surface area contributed by atoms with Gasteiger partial charge in [-0.25, -0.2) is 9.29 Å². The van der Waals surface area contributed by atoms with Gasteiger partial charge in [0.05, 0.1) is 18.6 Å². The lowest BCUT2D eigenvalue weighted by Gasteiger charge is -2.18. The Labute approximate surface area is 159 Å². The molecule has 2 amide bonds. The van der Waals surface area contributed by atoms with Crippen LogP contribution in [0.15, 0.2) is 23.3 Å². The van der Waals surface area contributed by atoms with Crippen molar-refractivity contribution in [1.82, 2.24) is 0 Å². The Balaban J connectivity index is 1.86. The Kier molecular flexibility index (Phi) is 5.67. The second kappa shape index (κ2) is 7.80. The van der Waals surface area contributed by atoms with Crippen LogP contribution in [0, 0.1) is 5.82 Å². The summed E-state index contributed by atoms with van der Waals surface area (Å²) < 4.78 is 19.1. The average molecular weight is 398 g/mol. The predicted molar refractivity (Wildman–Crippen MR) is 97.6 cm³/mol. The van der Waals surface area contributed by atoms with E-state index in [0.29, 0.717) is 35.3 Å². The molecule has 0 saturated heterocycles. The van der Waals surface area contributed by atoms with E-state index >= 15 is 0 Å². The van der Waals surface area contributed by atoms with E-state index in [1.54, 1.807) is 0 Å². The van der Waals surface area contributed by atoms with Crippen molar-refractivity contribution in [1.29, 1.82) is 0 Å². The summed E-state index contributed by atoms with van der Waals surface area (Å²) in [6, 6.07) is 2.51. The Bertz CT molecular complexity index is 796. The molecule has 0 N–H and O–H groups in total. The number of carbonyl (C=O) groups is 3. The van der Waals surface area contributed by atoms with Crippen LogP contribution in [-0.4, -0.2) is 30.6 Å². The molecule has 5 nitrogen and oxygen atoms in total. The quantitative estimate of drug-likeness (QED) is 0.560. The zero-order valence-electron chi connectivity index (χ0n) is 14.1. The van der Waals surface area contributed by atoms with Crippen LogP contribution in [0.1, 0.15) is 31.2 Å². The molecule has 8 heteroatoms. The number of halogens is 2. The lowest BCUT2D eigenvalue weighted by Crippen LogP contribution is -2.32. The standard InChI is InChI=1S/C18H17ClFNO4S/c1-25-16(22)9-26-8-10-6-15(14(20)7-13(10)19)21-17(23)11-4-2-3-5-12(11)18(21)24/h6-7H,2-5,8-9H2,1H3. The number of benzene rings is 1. The molecule has 1 aliphatic carbocycles. The second-order valence-corrected chi connectivity index (χ2v) is 7.47. The molecule has 0 bridgehead atoms. The van der Waals surface area contributed by atoms with Crippen LogP contribution in [0.2, 0.25) is 5.02 Å². The lowest BCUT2D eigenvalue weighted by molar-refractivity contribution is -0.137. The van der Waals surface area contributed by atoms with Crippen LogP contribution in [-0.2, 0) is 24.9 Å². The maximum absolute atomic E-state index is 14.5. The van der Waals surface area contributed by atoms with Crippen molar-refractivity contribution in [3.8, 4) is 0 Å². The molecular formula is C18H17ClFNO4S. The Morgan fingerprint density at radius 3 is 2.42 bits per heavy atom. The van der Waals surface area contributed by atoms with Crippen LogP contribution in [0.25, 0.3) is 0 Å². The Morgan fingerprint density at radius 2 is 1.85 bits per heavy atom. The molecule has 0 aromatic heterocycles. The SMILES string of the molecule is COC(=O)CSCc1cc(N2C(=O)C3=C(CCCC3)C2=O)c(F)cc1Cl. The number of thioether (sulfide) groups is 1. The predicted octanol–water partition coefficient (Wildman–Crippen LogP) is 3.63. The van der Waals surface area contributed by atoms with Gasteiger partial charge in [-0.3, -0.25) is 14.4 Å². The van der Waals surface area contributed by atoms with Gasteiger partial charge in [-0.05, 0) is 43.4 Å². The first-order chi connectivity index (χ1) is 12.4. The first-order valence-electron chi connectivity index (χ1n) is 8.17. The summed E-state index contributed by atoms with van der Waals surface area (Å²) in [5.41, 5.74) is 1.45. The van der Waals surface area contributed by atoms with Crippen LogP contribution in [0.3, 0.4) is 0 Å². The van der Waals surface area contributed by atoms with Gasteiger partial charge in [-0.15, -0.1) is 11.8 Å². The molecule has 0 saturated carbocycles. The molecule has 0 unspecified atom stereocenters. The molecule has 0 fully saturated rings. The third-order valence-corrected chi connectivity index (χ3v) is 5.76. The number of hydrogen-bond donors (Lipinski definition) is 0. The first-order valence-corrected chi connectivity index (χ1v) is 9.70. The van der Waals surface area contributed by atoms with E-state index in [1.807, 2.05) is 0 Å². The first kappa shape index (κ1) is 18.9. The molecule has 138 valence electrons. The summed E-state index contributed by atoms with van der Waals surface area (Å²) in [6.45, 7) is 0. The fourth-order valence-corrected chi connectivity index (χ4v) is 4.27. The van der Waals surface area contributed by atoms with Crippen LogP contribution in [0.5, 0.6) is 0 Å². The van der Waals surface area contributed by atoms with Crippen LogP contribution in [0.4, 0.5) is 10.1 Å². The highest BCUT2D eigenvalue weighted by Gasteiger charge is 2.40. The van der Waals surface area contributed by atoms with Gasteiger partial charge in [0.25, 0.3) is 11.8 Å². The number of nitrogens with zero attached hydrogens (tertiary/aromatic N) is 1. The number of hydrogen-bond acceptors (Lipinski definition) is 5. The van der Waals surface area contributed by atoms with Crippen LogP contribution >= 0.6 is 23.4 Å². The molecule has 3 rings (SSSR count). The summed E-state index contributed by atoms with van der Waals surface area (Å²) >= 11 is 7.34. The Hall–Kier alpha value is -1.86. The fraction of sp³-hybridized carbons (Fsp3) is 0.389. The maximum atomic E-state index is 14.5. The summed E-state index contributed by atoms with van der Waals surface area (Å²) in [5.74, 6) is -1.55. The van der Waals surface area contributed by atoms with Gasteiger partial charge < -0.3 is 4.74 Å². The Morgan fingerprint density at radius 1 is 1.23 bits per heavy atom. The average Bonchev–Trinajstić information content (AvgIpc) is 2.88. The normalized spacial score (nSPS) is 17.0. The summed E-state index contributed by atoms with van der Waals surface area (Å²) in [6.07, 6.45) is 2.80. The van der Waals surface area contributed by atoms with Crippen molar-refractivity contribution in [2.45, 2.75) is 31.4 Å². The molecule has 1 heterocycles. The van der Waals surface area contributed by atoms with Crippen LogP contribution < -0.4 is 4.90 Å². The van der Waals surface area contributed by atoms with E-state index in [-0.39, 0.29) is 22.4 Å². The minimum Gasteiger partial charge on any atom is -0.468 e. The van der Waals surface area contributed by atoms with Gasteiger partial charge in [-0.1, -0.05) is 11.6 Å². The highest BCUT2D eigenvalue weighted by atomic mass is 35.5. The van der Waals surface area contributed by atoms with E-state index in [9.17, 15) is 18.8 Å². The highest BCUT2D eigenvalue weighted by Crippen LogP contribution is 2.38. The monoisotopic (exact) mass is 397 g/mol. The zero-order valence-corrected chi connectivity index (χ0v) is 15.7. The van der Waals surface area contributed by atoms with E-state index in [4.69, 9.17) is 11.6 Å². The minimum atomic E-state index is -0.724. The van der Waals surface area contributed by atoms with Crippen molar-refractivity contribution in [3.63, 3.8) is 0 Å². The van der Waals surface area contributed by atoms with Crippen molar-refractivity contribution >= 4 is 46.8 Å². The number of ether oxygens (including phenoxy) is 1. The van der Waals surface area contributed by atoms with E-state index in [1.165, 1.54) is 24.9 Å². The number of amides is 2.